The molecule has 0 saturated carbocycles. The summed E-state index contributed by atoms with van der Waals surface area (Å²) in [6.45, 7) is 4.57. The van der Waals surface area contributed by atoms with Crippen LogP contribution in [0, 0.1) is 0 Å². The Labute approximate surface area is 145 Å². The SMILES string of the molecule is COC(=O)CC1(C)Nc2nc(N3CCOCC3)nn2C(=S)N(C)N1. The molecular weight excluding hydrogens is 334 g/mol. The molecule has 1 aromatic rings. The summed E-state index contributed by atoms with van der Waals surface area (Å²) in [6, 6.07) is 0. The molecule has 1 fully saturated rings. The van der Waals surface area contributed by atoms with Gasteiger partial charge in [0.1, 0.15) is 5.66 Å². The van der Waals surface area contributed by atoms with Gasteiger partial charge >= 0.3 is 5.97 Å². The molecule has 2 aliphatic heterocycles. The summed E-state index contributed by atoms with van der Waals surface area (Å²) in [5, 5.41) is 9.78. The van der Waals surface area contributed by atoms with Crippen molar-refractivity contribution < 1.29 is 14.3 Å². The molecule has 132 valence electrons. The number of fused-ring (bicyclic) bond motifs is 1. The van der Waals surface area contributed by atoms with E-state index in [-0.39, 0.29) is 12.4 Å². The number of aromatic nitrogens is 3. The van der Waals surface area contributed by atoms with E-state index in [9.17, 15) is 4.79 Å². The molecule has 1 saturated heterocycles. The van der Waals surface area contributed by atoms with Crippen LogP contribution in [0.25, 0.3) is 0 Å². The van der Waals surface area contributed by atoms with Gasteiger partial charge < -0.3 is 19.7 Å². The molecule has 2 N–H and O–H groups in total. The van der Waals surface area contributed by atoms with Crippen molar-refractivity contribution in [3.8, 4) is 0 Å². The van der Waals surface area contributed by atoms with Gasteiger partial charge in [-0.15, -0.1) is 5.10 Å². The van der Waals surface area contributed by atoms with Gasteiger partial charge in [-0.25, -0.2) is 5.43 Å². The first kappa shape index (κ1) is 16.9. The predicted molar refractivity (Wildman–Crippen MR) is 90.6 cm³/mol. The first-order chi connectivity index (χ1) is 11.4. The lowest BCUT2D eigenvalue weighted by molar-refractivity contribution is -0.142. The number of carbonyl (C=O) groups is 1. The van der Waals surface area contributed by atoms with Crippen LogP contribution in [0.4, 0.5) is 11.9 Å². The summed E-state index contributed by atoms with van der Waals surface area (Å²) >= 11 is 5.45. The Kier molecular flexibility index (Phi) is 4.56. The van der Waals surface area contributed by atoms with Crippen molar-refractivity contribution >= 4 is 35.2 Å². The summed E-state index contributed by atoms with van der Waals surface area (Å²) in [7, 11) is 3.13. The van der Waals surface area contributed by atoms with E-state index in [1.165, 1.54) is 7.11 Å². The fourth-order valence-corrected chi connectivity index (χ4v) is 2.87. The molecule has 0 amide bonds. The lowest BCUT2D eigenvalue weighted by atomic mass is 10.1. The number of nitrogens with one attached hydrogen (secondary N) is 2. The van der Waals surface area contributed by atoms with Gasteiger partial charge in [-0.2, -0.15) is 9.67 Å². The third-order valence-electron chi connectivity index (χ3n) is 3.89. The normalized spacial score (nSPS) is 24.2. The molecule has 11 heteroatoms. The largest absolute Gasteiger partial charge is 0.469 e. The van der Waals surface area contributed by atoms with Gasteiger partial charge in [0.15, 0.2) is 0 Å². The van der Waals surface area contributed by atoms with Crippen LogP contribution in [0.15, 0.2) is 0 Å². The van der Waals surface area contributed by atoms with Gasteiger partial charge in [-0.3, -0.25) is 9.80 Å². The minimum absolute atomic E-state index is 0.0935. The summed E-state index contributed by atoms with van der Waals surface area (Å²) in [5.74, 6) is 0.710. The number of rotatable bonds is 3. The van der Waals surface area contributed by atoms with E-state index in [1.54, 1.807) is 16.7 Å². The Morgan fingerprint density at radius 1 is 1.46 bits per heavy atom. The molecular formula is C13H21N7O3S. The lowest BCUT2D eigenvalue weighted by Crippen LogP contribution is -2.57. The number of thiocarbonyl (C=S) groups is 1. The number of hydrogen-bond acceptors (Lipinski definition) is 9. The van der Waals surface area contributed by atoms with Gasteiger partial charge in [0.25, 0.3) is 0 Å². The number of hydrogen-bond donors (Lipinski definition) is 2. The smallest absolute Gasteiger partial charge is 0.309 e. The molecule has 2 aliphatic rings. The van der Waals surface area contributed by atoms with Crippen LogP contribution in [0.5, 0.6) is 0 Å². The molecule has 0 radical (unpaired) electrons. The molecule has 3 rings (SSSR count). The molecule has 0 aromatic carbocycles. The zero-order valence-corrected chi connectivity index (χ0v) is 14.7. The highest BCUT2D eigenvalue weighted by molar-refractivity contribution is 7.80. The topological polar surface area (TPSA) is 96.8 Å². The minimum Gasteiger partial charge on any atom is -0.469 e. The van der Waals surface area contributed by atoms with Gasteiger partial charge in [-0.1, -0.05) is 0 Å². The van der Waals surface area contributed by atoms with E-state index >= 15 is 0 Å². The van der Waals surface area contributed by atoms with Crippen molar-refractivity contribution in [2.75, 3.05) is 50.7 Å². The second kappa shape index (κ2) is 6.49. The summed E-state index contributed by atoms with van der Waals surface area (Å²) < 4.78 is 11.7. The average molecular weight is 355 g/mol. The standard InChI is InChI=1S/C13H21N7O3S/c1-13(8-9(21)22-3)15-10-14-11(19-4-6-23-7-5-19)16-20(10)12(24)18(2)17-13/h17H,4-8H2,1-3H3,(H,14,15,16). The Bertz CT molecular complexity index is 646. The summed E-state index contributed by atoms with van der Waals surface area (Å²) in [6.07, 6.45) is 0.0935. The molecule has 24 heavy (non-hydrogen) atoms. The molecule has 1 atom stereocenters. The van der Waals surface area contributed by atoms with Crippen LogP contribution in [-0.4, -0.2) is 77.0 Å². The first-order valence-corrected chi connectivity index (χ1v) is 8.03. The molecule has 0 bridgehead atoms. The van der Waals surface area contributed by atoms with Crippen molar-refractivity contribution in [2.45, 2.75) is 19.0 Å². The zero-order chi connectivity index (χ0) is 17.3. The van der Waals surface area contributed by atoms with Crippen molar-refractivity contribution in [3.63, 3.8) is 0 Å². The fourth-order valence-electron chi connectivity index (χ4n) is 2.69. The number of hydrazine groups is 1. The van der Waals surface area contributed by atoms with Gasteiger partial charge in [-0.05, 0) is 19.1 Å². The van der Waals surface area contributed by atoms with E-state index < -0.39 is 5.66 Å². The molecule has 3 heterocycles. The van der Waals surface area contributed by atoms with Crippen molar-refractivity contribution in [2.24, 2.45) is 0 Å². The van der Waals surface area contributed by atoms with Gasteiger partial charge in [0.05, 0.1) is 26.7 Å². The highest BCUT2D eigenvalue weighted by atomic mass is 32.1. The number of morpholine rings is 1. The Morgan fingerprint density at radius 2 is 2.17 bits per heavy atom. The second-order valence-electron chi connectivity index (χ2n) is 5.91. The lowest BCUT2D eigenvalue weighted by Gasteiger charge is -2.32. The maximum absolute atomic E-state index is 11.7. The number of carbonyl (C=O) groups excluding carboxylic acids is 1. The van der Waals surface area contributed by atoms with E-state index in [0.29, 0.717) is 30.2 Å². The van der Waals surface area contributed by atoms with Crippen LogP contribution < -0.4 is 15.6 Å². The average Bonchev–Trinajstić information content (AvgIpc) is 2.94. The van der Waals surface area contributed by atoms with Crippen LogP contribution in [0.2, 0.25) is 0 Å². The molecule has 0 aliphatic carbocycles. The summed E-state index contributed by atoms with van der Waals surface area (Å²) in [4.78, 5) is 18.3. The molecule has 1 aromatic heterocycles. The van der Waals surface area contributed by atoms with Crippen molar-refractivity contribution in [1.29, 1.82) is 0 Å². The molecule has 1 unspecified atom stereocenters. The van der Waals surface area contributed by atoms with Crippen LogP contribution in [-0.2, 0) is 14.3 Å². The molecule has 10 nitrogen and oxygen atoms in total. The Morgan fingerprint density at radius 3 is 2.83 bits per heavy atom. The second-order valence-corrected chi connectivity index (χ2v) is 6.28. The third kappa shape index (κ3) is 3.28. The number of esters is 1. The van der Waals surface area contributed by atoms with Crippen molar-refractivity contribution in [3.05, 3.63) is 0 Å². The maximum Gasteiger partial charge on any atom is 0.309 e. The highest BCUT2D eigenvalue weighted by Gasteiger charge is 2.36. The van der Waals surface area contributed by atoms with E-state index in [2.05, 4.69) is 20.8 Å². The predicted octanol–water partition coefficient (Wildman–Crippen LogP) is -0.611. The van der Waals surface area contributed by atoms with Crippen LogP contribution >= 0.6 is 12.2 Å². The van der Waals surface area contributed by atoms with Crippen LogP contribution in [0.1, 0.15) is 13.3 Å². The van der Waals surface area contributed by atoms with Crippen LogP contribution in [0.3, 0.4) is 0 Å². The monoisotopic (exact) mass is 355 g/mol. The molecule has 0 spiro atoms. The number of nitrogens with zero attached hydrogens (tertiary/aromatic N) is 5. The van der Waals surface area contributed by atoms with E-state index in [1.807, 2.05) is 11.8 Å². The Balaban J connectivity index is 1.90. The van der Waals surface area contributed by atoms with E-state index in [0.717, 1.165) is 13.1 Å². The van der Waals surface area contributed by atoms with Crippen molar-refractivity contribution in [1.82, 2.24) is 25.2 Å². The maximum atomic E-state index is 11.7. The zero-order valence-electron chi connectivity index (χ0n) is 13.9. The number of methoxy groups -OCH3 is 1. The highest BCUT2D eigenvalue weighted by Crippen LogP contribution is 2.23. The Hall–Kier alpha value is -1.98. The number of ether oxygens (including phenoxy) is 2. The van der Waals surface area contributed by atoms with Gasteiger partial charge in [0.2, 0.25) is 17.0 Å². The third-order valence-corrected chi connectivity index (χ3v) is 4.33. The summed E-state index contributed by atoms with van der Waals surface area (Å²) in [5.41, 5.74) is 2.34. The van der Waals surface area contributed by atoms with E-state index in [4.69, 9.17) is 21.7 Å². The minimum atomic E-state index is -0.810. The fraction of sp³-hybridized carbons (Fsp3) is 0.692. The quantitative estimate of drug-likeness (QED) is 0.540. The number of anilines is 2. The first-order valence-electron chi connectivity index (χ1n) is 7.62. The van der Waals surface area contributed by atoms with Gasteiger partial charge in [0, 0.05) is 20.1 Å².